The molecular weight excluding hydrogens is 266 g/mol. The average Bonchev–Trinajstić information content (AvgIpc) is 2.98. The van der Waals surface area contributed by atoms with Gasteiger partial charge in [-0.1, -0.05) is 6.92 Å². The zero-order chi connectivity index (χ0) is 15.1. The number of anilines is 1. The van der Waals surface area contributed by atoms with Crippen LogP contribution in [0.5, 0.6) is 0 Å². The third-order valence-corrected chi connectivity index (χ3v) is 3.00. The van der Waals surface area contributed by atoms with Gasteiger partial charge in [-0.05, 0) is 25.5 Å². The Morgan fingerprint density at radius 3 is 2.90 bits per heavy atom. The Kier molecular flexibility index (Phi) is 5.31. The lowest BCUT2D eigenvalue weighted by Crippen LogP contribution is -2.35. The second-order valence-corrected chi connectivity index (χ2v) is 4.99. The van der Waals surface area contributed by atoms with Crippen LogP contribution in [0.1, 0.15) is 30.8 Å². The minimum atomic E-state index is -0.162. The number of aromatic nitrogens is 3. The minimum absolute atomic E-state index is 0.00592. The molecule has 0 aromatic carbocycles. The second-order valence-electron chi connectivity index (χ2n) is 4.99. The zero-order valence-electron chi connectivity index (χ0n) is 12.4. The summed E-state index contributed by atoms with van der Waals surface area (Å²) in [5.41, 5.74) is 1.36. The fraction of sp³-hybridized carbons (Fsp3) is 0.400. The van der Waals surface area contributed by atoms with Crippen molar-refractivity contribution >= 4 is 11.6 Å². The quantitative estimate of drug-likeness (QED) is 0.816. The highest BCUT2D eigenvalue weighted by molar-refractivity contribution is 5.92. The monoisotopic (exact) mass is 287 g/mol. The molecule has 0 radical (unpaired) electrons. The van der Waals surface area contributed by atoms with E-state index in [1.54, 1.807) is 24.8 Å². The number of hydrogen-bond acceptors (Lipinski definition) is 4. The fourth-order valence-corrected chi connectivity index (χ4v) is 1.96. The van der Waals surface area contributed by atoms with Crippen LogP contribution in [-0.4, -0.2) is 33.0 Å². The Bertz CT molecular complexity index is 550. The normalized spacial score (nSPS) is 11.9. The Morgan fingerprint density at radius 2 is 2.29 bits per heavy atom. The van der Waals surface area contributed by atoms with E-state index in [1.807, 2.05) is 23.8 Å². The third-order valence-electron chi connectivity index (χ3n) is 3.00. The Balaban J connectivity index is 1.87. The van der Waals surface area contributed by atoms with Gasteiger partial charge in [0.2, 0.25) is 0 Å². The van der Waals surface area contributed by atoms with Crippen LogP contribution in [0.4, 0.5) is 5.69 Å². The van der Waals surface area contributed by atoms with Crippen LogP contribution in [0.3, 0.4) is 0 Å². The highest BCUT2D eigenvalue weighted by Crippen LogP contribution is 2.06. The summed E-state index contributed by atoms with van der Waals surface area (Å²) in [6.45, 7) is 5.63. The first kappa shape index (κ1) is 15.0. The number of carbonyl (C=O) groups excluding carboxylic acids is 1. The largest absolute Gasteiger partial charge is 0.384 e. The molecule has 21 heavy (non-hydrogen) atoms. The summed E-state index contributed by atoms with van der Waals surface area (Å²) < 4.78 is 1.93. The number of nitrogens with one attached hydrogen (secondary N) is 2. The molecule has 2 aromatic rings. The first-order chi connectivity index (χ1) is 10.2. The van der Waals surface area contributed by atoms with Crippen molar-refractivity contribution in [2.75, 3.05) is 11.9 Å². The average molecular weight is 287 g/mol. The van der Waals surface area contributed by atoms with Gasteiger partial charge in [0, 0.05) is 31.5 Å². The van der Waals surface area contributed by atoms with Crippen LogP contribution in [0.25, 0.3) is 0 Å². The third kappa shape index (κ3) is 4.59. The van der Waals surface area contributed by atoms with E-state index in [-0.39, 0.29) is 11.9 Å². The lowest BCUT2D eigenvalue weighted by molar-refractivity contribution is 0.0931. The molecule has 2 rings (SSSR count). The molecule has 1 amide bonds. The molecule has 0 aliphatic rings. The van der Waals surface area contributed by atoms with Gasteiger partial charge in [-0.25, -0.2) is 9.97 Å². The molecule has 0 saturated heterocycles. The van der Waals surface area contributed by atoms with Crippen LogP contribution in [0.15, 0.2) is 37.1 Å². The number of carbonyl (C=O) groups is 1. The SMILES string of the molecule is CCCNc1ccc(C(=O)NC(C)Cn2ccnc2)nc1. The van der Waals surface area contributed by atoms with Crippen LogP contribution in [0.2, 0.25) is 0 Å². The summed E-state index contributed by atoms with van der Waals surface area (Å²) in [4.78, 5) is 20.3. The maximum atomic E-state index is 12.1. The Hall–Kier alpha value is -2.37. The van der Waals surface area contributed by atoms with Crippen LogP contribution >= 0.6 is 0 Å². The van der Waals surface area contributed by atoms with E-state index in [4.69, 9.17) is 0 Å². The van der Waals surface area contributed by atoms with E-state index in [0.29, 0.717) is 12.2 Å². The van der Waals surface area contributed by atoms with Gasteiger partial charge in [-0.3, -0.25) is 4.79 Å². The highest BCUT2D eigenvalue weighted by Gasteiger charge is 2.11. The number of hydrogen-bond donors (Lipinski definition) is 2. The molecule has 0 bridgehead atoms. The van der Waals surface area contributed by atoms with Crippen LogP contribution in [0, 0.1) is 0 Å². The summed E-state index contributed by atoms with van der Waals surface area (Å²) in [6, 6.07) is 3.61. The van der Waals surface area contributed by atoms with Crippen molar-refractivity contribution in [1.82, 2.24) is 19.9 Å². The number of pyridine rings is 1. The number of rotatable bonds is 7. The standard InChI is InChI=1S/C15H21N5O/c1-3-6-17-13-4-5-14(18-9-13)15(21)19-12(2)10-20-8-7-16-11-20/h4-5,7-9,11-12,17H,3,6,10H2,1-2H3,(H,19,21). The van der Waals surface area contributed by atoms with Crippen molar-refractivity contribution < 1.29 is 4.79 Å². The summed E-state index contributed by atoms with van der Waals surface area (Å²) in [6.07, 6.45) is 8.06. The molecule has 2 heterocycles. The van der Waals surface area contributed by atoms with Gasteiger partial charge in [0.1, 0.15) is 5.69 Å². The van der Waals surface area contributed by atoms with Gasteiger partial charge in [0.25, 0.3) is 5.91 Å². The number of nitrogens with zero attached hydrogens (tertiary/aromatic N) is 3. The number of amides is 1. The zero-order valence-corrected chi connectivity index (χ0v) is 12.4. The summed E-state index contributed by atoms with van der Waals surface area (Å²) in [5, 5.41) is 6.15. The minimum Gasteiger partial charge on any atom is -0.384 e. The fourth-order valence-electron chi connectivity index (χ4n) is 1.96. The predicted molar refractivity (Wildman–Crippen MR) is 82.2 cm³/mol. The van der Waals surface area contributed by atoms with Crippen LogP contribution < -0.4 is 10.6 Å². The summed E-state index contributed by atoms with van der Waals surface area (Å²) >= 11 is 0. The van der Waals surface area contributed by atoms with Gasteiger partial charge in [0.15, 0.2) is 0 Å². The van der Waals surface area contributed by atoms with Crippen molar-refractivity contribution in [3.8, 4) is 0 Å². The van der Waals surface area contributed by atoms with Gasteiger partial charge >= 0.3 is 0 Å². The smallest absolute Gasteiger partial charge is 0.270 e. The maximum Gasteiger partial charge on any atom is 0.270 e. The molecule has 0 aliphatic carbocycles. The van der Waals surface area contributed by atoms with Crippen molar-refractivity contribution in [3.05, 3.63) is 42.7 Å². The summed E-state index contributed by atoms with van der Waals surface area (Å²) in [7, 11) is 0. The molecule has 2 aromatic heterocycles. The molecule has 6 heteroatoms. The highest BCUT2D eigenvalue weighted by atomic mass is 16.1. The Morgan fingerprint density at radius 1 is 1.43 bits per heavy atom. The van der Waals surface area contributed by atoms with Crippen molar-refractivity contribution in [2.24, 2.45) is 0 Å². The second kappa shape index (κ2) is 7.42. The topological polar surface area (TPSA) is 71.8 Å². The molecule has 0 fully saturated rings. The molecule has 112 valence electrons. The molecule has 1 unspecified atom stereocenters. The van der Waals surface area contributed by atoms with Crippen molar-refractivity contribution in [1.29, 1.82) is 0 Å². The molecule has 0 aliphatic heterocycles. The summed E-state index contributed by atoms with van der Waals surface area (Å²) in [5.74, 6) is -0.162. The van der Waals surface area contributed by atoms with Crippen molar-refractivity contribution in [2.45, 2.75) is 32.9 Å². The van der Waals surface area contributed by atoms with E-state index in [2.05, 4.69) is 27.5 Å². The maximum absolute atomic E-state index is 12.1. The Labute approximate surface area is 124 Å². The predicted octanol–water partition coefficient (Wildman–Crippen LogP) is 1.92. The van der Waals surface area contributed by atoms with Gasteiger partial charge in [-0.2, -0.15) is 0 Å². The molecular formula is C15H21N5O. The molecule has 0 spiro atoms. The van der Waals surface area contributed by atoms with E-state index < -0.39 is 0 Å². The molecule has 1 atom stereocenters. The molecule has 6 nitrogen and oxygen atoms in total. The number of imidazole rings is 1. The first-order valence-corrected chi connectivity index (χ1v) is 7.15. The van der Waals surface area contributed by atoms with E-state index in [1.165, 1.54) is 0 Å². The lowest BCUT2D eigenvalue weighted by atomic mass is 10.2. The van der Waals surface area contributed by atoms with E-state index >= 15 is 0 Å². The van der Waals surface area contributed by atoms with Gasteiger partial charge in [-0.15, -0.1) is 0 Å². The van der Waals surface area contributed by atoms with Gasteiger partial charge < -0.3 is 15.2 Å². The lowest BCUT2D eigenvalue weighted by Gasteiger charge is -2.14. The molecule has 0 saturated carbocycles. The van der Waals surface area contributed by atoms with Gasteiger partial charge in [0.05, 0.1) is 18.2 Å². The van der Waals surface area contributed by atoms with E-state index in [0.717, 1.165) is 18.7 Å². The van der Waals surface area contributed by atoms with Crippen molar-refractivity contribution in [3.63, 3.8) is 0 Å². The first-order valence-electron chi connectivity index (χ1n) is 7.15. The molecule has 2 N–H and O–H groups in total. The van der Waals surface area contributed by atoms with Crippen LogP contribution in [-0.2, 0) is 6.54 Å². The van der Waals surface area contributed by atoms with E-state index in [9.17, 15) is 4.79 Å².